The molecule has 1 aliphatic rings. The van der Waals surface area contributed by atoms with Crippen molar-refractivity contribution < 1.29 is 22.8 Å². The number of rotatable bonds is 9. The highest BCUT2D eigenvalue weighted by atomic mass is 19.4. The van der Waals surface area contributed by atoms with Gasteiger partial charge in [0.2, 0.25) is 5.91 Å². The van der Waals surface area contributed by atoms with E-state index in [1.807, 2.05) is 40.7 Å². The first-order valence-electron chi connectivity index (χ1n) is 15.8. The molecule has 47 heavy (non-hydrogen) atoms. The van der Waals surface area contributed by atoms with E-state index in [2.05, 4.69) is 41.0 Å². The van der Waals surface area contributed by atoms with Gasteiger partial charge in [-0.25, -0.2) is 15.0 Å². The number of amides is 1. The smallest absolute Gasteiger partial charge is 0.382 e. The number of aromatic nitrogens is 4. The van der Waals surface area contributed by atoms with Gasteiger partial charge in [0.05, 0.1) is 12.1 Å². The fourth-order valence-corrected chi connectivity index (χ4v) is 5.61. The highest BCUT2D eigenvalue weighted by molar-refractivity contribution is 5.88. The van der Waals surface area contributed by atoms with Crippen molar-refractivity contribution >= 4 is 29.3 Å². The SMILES string of the molecule is CCCc1cc(C=O)ccc1-c1nc(C2CCCN(C(=O)CN(C)C(C)C)C2)n2ccnc(N)c12.CNc1cc(C(F)(F)F)ccn1. The number of nitrogens with one attached hydrogen (secondary N) is 1. The highest BCUT2D eigenvalue weighted by Gasteiger charge is 2.31. The average Bonchev–Trinajstić information content (AvgIpc) is 3.45. The highest BCUT2D eigenvalue weighted by Crippen LogP contribution is 2.36. The summed E-state index contributed by atoms with van der Waals surface area (Å²) in [5, 5.41) is 2.53. The summed E-state index contributed by atoms with van der Waals surface area (Å²) >= 11 is 0. The zero-order valence-corrected chi connectivity index (χ0v) is 27.5. The van der Waals surface area contributed by atoms with Crippen molar-refractivity contribution in [1.82, 2.24) is 29.2 Å². The second-order valence-corrected chi connectivity index (χ2v) is 12.0. The van der Waals surface area contributed by atoms with Gasteiger partial charge in [0.25, 0.3) is 0 Å². The van der Waals surface area contributed by atoms with Crippen LogP contribution >= 0.6 is 0 Å². The number of halogens is 3. The van der Waals surface area contributed by atoms with E-state index in [9.17, 15) is 22.8 Å². The Bertz CT molecular complexity index is 1690. The second-order valence-electron chi connectivity index (χ2n) is 12.0. The number of likely N-dealkylation sites (tertiary alicyclic amines) is 1. The number of carbonyl (C=O) groups is 2. The van der Waals surface area contributed by atoms with E-state index in [-0.39, 0.29) is 17.6 Å². The van der Waals surface area contributed by atoms with Gasteiger partial charge in [-0.15, -0.1) is 0 Å². The first-order valence-corrected chi connectivity index (χ1v) is 15.8. The number of anilines is 2. The largest absolute Gasteiger partial charge is 0.416 e. The minimum atomic E-state index is -4.30. The number of carbonyl (C=O) groups excluding carboxylic acids is 2. The Balaban J connectivity index is 0.000000351. The summed E-state index contributed by atoms with van der Waals surface area (Å²) < 4.78 is 38.2. The van der Waals surface area contributed by atoms with Crippen LogP contribution in [0.3, 0.4) is 0 Å². The van der Waals surface area contributed by atoms with Crippen LogP contribution in [0.25, 0.3) is 16.8 Å². The molecule has 1 amide bonds. The molecule has 3 aromatic heterocycles. The molecule has 0 saturated carbocycles. The fraction of sp³-hybridized carbons (Fsp3) is 0.441. The van der Waals surface area contributed by atoms with Gasteiger partial charge in [-0.05, 0) is 63.9 Å². The fourth-order valence-electron chi connectivity index (χ4n) is 5.61. The van der Waals surface area contributed by atoms with Crippen molar-refractivity contribution in [3.05, 3.63) is 71.4 Å². The monoisotopic (exact) mass is 652 g/mol. The van der Waals surface area contributed by atoms with Gasteiger partial charge < -0.3 is 16.0 Å². The van der Waals surface area contributed by atoms with Crippen molar-refractivity contribution in [2.75, 3.05) is 44.8 Å². The number of nitrogens with zero attached hydrogens (tertiary/aromatic N) is 6. The van der Waals surface area contributed by atoms with E-state index in [0.29, 0.717) is 30.5 Å². The van der Waals surface area contributed by atoms with Gasteiger partial charge in [0, 0.05) is 61.8 Å². The van der Waals surface area contributed by atoms with Crippen LogP contribution in [0.2, 0.25) is 0 Å². The van der Waals surface area contributed by atoms with Crippen LogP contribution in [0.4, 0.5) is 24.8 Å². The van der Waals surface area contributed by atoms with E-state index in [0.717, 1.165) is 85.0 Å². The number of hydrogen-bond donors (Lipinski definition) is 2. The van der Waals surface area contributed by atoms with Crippen LogP contribution in [0.5, 0.6) is 0 Å². The molecule has 1 fully saturated rings. The number of aryl methyl sites for hydroxylation is 1. The molecule has 4 aromatic rings. The van der Waals surface area contributed by atoms with Crippen molar-refractivity contribution in [1.29, 1.82) is 0 Å². The minimum absolute atomic E-state index is 0.101. The molecule has 1 aromatic carbocycles. The maximum Gasteiger partial charge on any atom is 0.416 e. The molecule has 1 aliphatic heterocycles. The number of benzene rings is 1. The van der Waals surface area contributed by atoms with Crippen molar-refractivity contribution in [2.24, 2.45) is 0 Å². The number of fused-ring (bicyclic) bond motifs is 1. The number of aldehydes is 1. The molecule has 1 unspecified atom stereocenters. The quantitative estimate of drug-likeness (QED) is 0.214. The first-order chi connectivity index (χ1) is 22.4. The lowest BCUT2D eigenvalue weighted by Gasteiger charge is -2.34. The van der Waals surface area contributed by atoms with E-state index < -0.39 is 11.7 Å². The summed E-state index contributed by atoms with van der Waals surface area (Å²) in [6, 6.07) is 7.93. The topological polar surface area (TPSA) is 122 Å². The van der Waals surface area contributed by atoms with E-state index >= 15 is 0 Å². The van der Waals surface area contributed by atoms with Crippen molar-refractivity contribution in [3.63, 3.8) is 0 Å². The molecule has 0 spiro atoms. The summed E-state index contributed by atoms with van der Waals surface area (Å²) in [7, 11) is 3.50. The Hall–Kier alpha value is -4.52. The van der Waals surface area contributed by atoms with E-state index in [1.165, 1.54) is 7.05 Å². The van der Waals surface area contributed by atoms with Gasteiger partial charge in [0.1, 0.15) is 35.0 Å². The first kappa shape index (κ1) is 35.3. The van der Waals surface area contributed by atoms with Gasteiger partial charge in [0.15, 0.2) is 0 Å². The summed E-state index contributed by atoms with van der Waals surface area (Å²) in [5.74, 6) is 1.79. The molecule has 0 radical (unpaired) electrons. The molecule has 13 heteroatoms. The number of pyridine rings is 1. The van der Waals surface area contributed by atoms with Crippen LogP contribution in [-0.2, 0) is 17.4 Å². The van der Waals surface area contributed by atoms with Crippen molar-refractivity contribution in [3.8, 4) is 11.3 Å². The number of hydrogen-bond acceptors (Lipinski definition) is 8. The standard InChI is InChI=1S/C27H36N6O2.C7H7F3N2/c1-5-7-20-14-19(17-34)9-10-22(20)24-25-26(28)29-11-13-33(25)27(30-24)21-8-6-12-32(15-21)23(35)16-31(4)18(2)3;1-11-6-4-5(2-3-12-6)7(8,9)10/h9-11,13-14,17-18,21H,5-8,12,15-16H2,1-4H3,(H2,28,29);2-4H,1H3,(H,11,12). The second kappa shape index (κ2) is 15.4. The zero-order valence-electron chi connectivity index (χ0n) is 27.5. The van der Waals surface area contributed by atoms with E-state index in [1.54, 1.807) is 6.20 Å². The number of likely N-dealkylation sites (N-methyl/N-ethyl adjacent to an activating group) is 1. The van der Waals surface area contributed by atoms with Crippen LogP contribution in [0.15, 0.2) is 48.9 Å². The van der Waals surface area contributed by atoms with Gasteiger partial charge in [-0.1, -0.05) is 25.5 Å². The normalized spacial score (nSPS) is 15.1. The van der Waals surface area contributed by atoms with Crippen LogP contribution in [0, 0.1) is 0 Å². The Morgan fingerprint density at radius 3 is 2.62 bits per heavy atom. The van der Waals surface area contributed by atoms with Crippen LogP contribution in [-0.4, -0.2) is 81.1 Å². The minimum Gasteiger partial charge on any atom is -0.382 e. The van der Waals surface area contributed by atoms with Gasteiger partial charge in [-0.3, -0.25) is 18.9 Å². The number of imidazole rings is 1. The summed E-state index contributed by atoms with van der Waals surface area (Å²) in [6.45, 7) is 8.13. The molecular formula is C34H43F3N8O2. The predicted molar refractivity (Wildman–Crippen MR) is 177 cm³/mol. The number of nitrogen functional groups attached to an aromatic ring is 1. The third kappa shape index (κ3) is 8.45. The molecule has 1 saturated heterocycles. The van der Waals surface area contributed by atoms with Crippen LogP contribution in [0.1, 0.15) is 73.3 Å². The number of alkyl halides is 3. The maximum absolute atomic E-state index is 13.0. The summed E-state index contributed by atoms with van der Waals surface area (Å²) in [4.78, 5) is 41.6. The molecule has 10 nitrogen and oxygen atoms in total. The molecular weight excluding hydrogens is 609 g/mol. The van der Waals surface area contributed by atoms with Crippen LogP contribution < -0.4 is 11.1 Å². The van der Waals surface area contributed by atoms with Crippen molar-refractivity contribution in [2.45, 2.75) is 64.6 Å². The number of piperidine rings is 1. The zero-order chi connectivity index (χ0) is 34.3. The lowest BCUT2D eigenvalue weighted by atomic mass is 9.96. The Labute approximate surface area is 273 Å². The number of nitrogens with two attached hydrogens (primary N) is 1. The van der Waals surface area contributed by atoms with E-state index in [4.69, 9.17) is 10.7 Å². The maximum atomic E-state index is 13.0. The third-order valence-electron chi connectivity index (χ3n) is 8.40. The predicted octanol–water partition coefficient (Wildman–Crippen LogP) is 5.93. The Morgan fingerprint density at radius 2 is 1.96 bits per heavy atom. The average molecular weight is 653 g/mol. The third-order valence-corrected chi connectivity index (χ3v) is 8.40. The lowest BCUT2D eigenvalue weighted by Crippen LogP contribution is -2.45. The molecule has 5 rings (SSSR count). The molecule has 0 bridgehead atoms. The lowest BCUT2D eigenvalue weighted by molar-refractivity contribution is -0.137. The molecule has 3 N–H and O–H groups in total. The summed E-state index contributed by atoms with van der Waals surface area (Å²) in [6.07, 6.45) is 4.97. The molecule has 1 atom stereocenters. The molecule has 0 aliphatic carbocycles. The molecule has 4 heterocycles. The Morgan fingerprint density at radius 1 is 1.19 bits per heavy atom. The summed E-state index contributed by atoms with van der Waals surface area (Å²) in [5.41, 5.74) is 9.95. The van der Waals surface area contributed by atoms with Gasteiger partial charge in [-0.2, -0.15) is 13.2 Å². The Kier molecular flexibility index (Phi) is 11.6. The molecule has 252 valence electrons. The van der Waals surface area contributed by atoms with Gasteiger partial charge >= 0.3 is 6.18 Å².